The van der Waals surface area contributed by atoms with Crippen LogP contribution in [-0.4, -0.2) is 12.3 Å². The number of aryl methyl sites for hydroxylation is 1. The summed E-state index contributed by atoms with van der Waals surface area (Å²) in [7, 11) is 0. The van der Waals surface area contributed by atoms with Crippen LogP contribution in [0.2, 0.25) is 0 Å². The van der Waals surface area contributed by atoms with Gasteiger partial charge in [0.05, 0.1) is 0 Å². The monoisotopic (exact) mass is 285 g/mol. The Hall–Kier alpha value is -0.340. The Balaban J connectivity index is 0.00000162. The Kier molecular flexibility index (Phi) is 6.95. The summed E-state index contributed by atoms with van der Waals surface area (Å²) in [5, 5.41) is 4.19. The van der Waals surface area contributed by atoms with Gasteiger partial charge in [-0.15, -0.1) is 12.4 Å². The van der Waals surface area contributed by atoms with E-state index < -0.39 is 0 Å². The lowest BCUT2D eigenvalue weighted by atomic mass is 10.0. The van der Waals surface area contributed by atoms with E-state index in [1.165, 1.54) is 48.3 Å². The Morgan fingerprint density at radius 3 is 3.00 bits per heavy atom. The maximum Gasteiger partial charge on any atom is 0.0384 e. The second-order valence-electron chi connectivity index (χ2n) is 4.82. The van der Waals surface area contributed by atoms with Gasteiger partial charge in [-0.3, -0.25) is 0 Å². The molecule has 1 heterocycles. The summed E-state index contributed by atoms with van der Waals surface area (Å²) in [5.41, 5.74) is 4.36. The first-order valence-corrected chi connectivity index (χ1v) is 7.84. The molecule has 1 aromatic rings. The summed E-state index contributed by atoms with van der Waals surface area (Å²) in [6, 6.07) is 6.99. The summed E-state index contributed by atoms with van der Waals surface area (Å²) >= 11 is 2.09. The fraction of sp³-hybridized carbons (Fsp3) is 0.600. The average molecular weight is 286 g/mol. The quantitative estimate of drug-likeness (QED) is 0.833. The smallest absolute Gasteiger partial charge is 0.0384 e. The molecule has 1 aliphatic heterocycles. The van der Waals surface area contributed by atoms with Crippen LogP contribution in [0, 0.1) is 0 Å². The maximum absolute atomic E-state index is 3.57. The number of nitrogens with one attached hydrogen (secondary N) is 1. The predicted molar refractivity (Wildman–Crippen MR) is 86.3 cm³/mol. The highest BCUT2D eigenvalue weighted by Crippen LogP contribution is 2.36. The summed E-state index contributed by atoms with van der Waals surface area (Å²) in [4.78, 5) is 0. The number of thioether (sulfide) groups is 1. The number of hydrogen-bond acceptors (Lipinski definition) is 2. The molecule has 0 amide bonds. The third kappa shape index (κ3) is 4.10. The standard InChI is InChI=1S/C15H23NS.ClH/c1-3-4-6-13-7-8-15-14(11-13)12(2)17-10-5-9-16-15;/h7-8,11-12,16H,3-6,9-10H2,1-2H3;1H. The first-order chi connectivity index (χ1) is 8.31. The third-order valence-electron chi connectivity index (χ3n) is 3.38. The van der Waals surface area contributed by atoms with Crippen molar-refractivity contribution in [1.29, 1.82) is 0 Å². The Morgan fingerprint density at radius 1 is 1.39 bits per heavy atom. The molecule has 0 radical (unpaired) electrons. The Labute approximate surface area is 122 Å². The summed E-state index contributed by atoms with van der Waals surface area (Å²) < 4.78 is 0. The first-order valence-electron chi connectivity index (χ1n) is 6.79. The van der Waals surface area contributed by atoms with Crippen molar-refractivity contribution < 1.29 is 0 Å². The second kappa shape index (κ2) is 7.96. The van der Waals surface area contributed by atoms with Gasteiger partial charge >= 0.3 is 0 Å². The minimum atomic E-state index is 0. The minimum absolute atomic E-state index is 0. The highest BCUT2D eigenvalue weighted by Gasteiger charge is 2.14. The van der Waals surface area contributed by atoms with E-state index in [4.69, 9.17) is 0 Å². The average Bonchev–Trinajstić information content (AvgIpc) is 2.34. The van der Waals surface area contributed by atoms with Crippen molar-refractivity contribution in [3.63, 3.8) is 0 Å². The molecule has 3 heteroatoms. The van der Waals surface area contributed by atoms with Crippen LogP contribution in [0.1, 0.15) is 49.5 Å². The molecule has 0 saturated carbocycles. The van der Waals surface area contributed by atoms with E-state index in [1.807, 2.05) is 0 Å². The van der Waals surface area contributed by atoms with Crippen molar-refractivity contribution >= 4 is 29.9 Å². The molecule has 0 fully saturated rings. The lowest BCUT2D eigenvalue weighted by Gasteiger charge is -2.21. The van der Waals surface area contributed by atoms with Gasteiger partial charge in [0.1, 0.15) is 0 Å². The van der Waals surface area contributed by atoms with E-state index in [0.29, 0.717) is 5.25 Å². The maximum atomic E-state index is 3.57. The van der Waals surface area contributed by atoms with Crippen LogP contribution in [0.5, 0.6) is 0 Å². The number of rotatable bonds is 3. The Morgan fingerprint density at radius 2 is 2.22 bits per heavy atom. The highest BCUT2D eigenvalue weighted by atomic mass is 35.5. The highest BCUT2D eigenvalue weighted by molar-refractivity contribution is 7.99. The van der Waals surface area contributed by atoms with Gasteiger partial charge < -0.3 is 5.32 Å². The van der Waals surface area contributed by atoms with Gasteiger partial charge in [0.15, 0.2) is 0 Å². The molecule has 18 heavy (non-hydrogen) atoms. The molecule has 0 aliphatic carbocycles. The number of unbranched alkanes of at least 4 members (excludes halogenated alkanes) is 1. The molecule has 1 aromatic carbocycles. The first kappa shape index (κ1) is 15.7. The van der Waals surface area contributed by atoms with Crippen molar-refractivity contribution in [2.24, 2.45) is 0 Å². The van der Waals surface area contributed by atoms with Gasteiger partial charge in [0, 0.05) is 17.5 Å². The number of benzene rings is 1. The summed E-state index contributed by atoms with van der Waals surface area (Å²) in [6.07, 6.45) is 5.07. The molecule has 1 unspecified atom stereocenters. The minimum Gasteiger partial charge on any atom is -0.385 e. The van der Waals surface area contributed by atoms with Crippen molar-refractivity contribution in [3.8, 4) is 0 Å². The van der Waals surface area contributed by atoms with Gasteiger partial charge in [-0.25, -0.2) is 0 Å². The molecule has 102 valence electrons. The molecular weight excluding hydrogens is 262 g/mol. The van der Waals surface area contributed by atoms with E-state index in [1.54, 1.807) is 0 Å². The zero-order valence-electron chi connectivity index (χ0n) is 11.4. The fourth-order valence-electron chi connectivity index (χ4n) is 2.29. The topological polar surface area (TPSA) is 12.0 Å². The molecule has 1 nitrogen and oxygen atoms in total. The van der Waals surface area contributed by atoms with Gasteiger partial charge in [0.25, 0.3) is 0 Å². The van der Waals surface area contributed by atoms with E-state index >= 15 is 0 Å². The van der Waals surface area contributed by atoms with E-state index in [0.717, 1.165) is 6.54 Å². The van der Waals surface area contributed by atoms with Crippen LogP contribution in [0.25, 0.3) is 0 Å². The van der Waals surface area contributed by atoms with Crippen LogP contribution in [-0.2, 0) is 6.42 Å². The number of anilines is 1. The van der Waals surface area contributed by atoms with Crippen LogP contribution in [0.3, 0.4) is 0 Å². The summed E-state index contributed by atoms with van der Waals surface area (Å²) in [5.74, 6) is 1.27. The number of fused-ring (bicyclic) bond motifs is 1. The van der Waals surface area contributed by atoms with Crippen molar-refractivity contribution in [2.75, 3.05) is 17.6 Å². The molecule has 0 bridgehead atoms. The molecular formula is C15H24ClNS. The van der Waals surface area contributed by atoms with Crippen LogP contribution >= 0.6 is 24.2 Å². The van der Waals surface area contributed by atoms with Gasteiger partial charge in [-0.05, 0) is 49.1 Å². The largest absolute Gasteiger partial charge is 0.385 e. The SMILES string of the molecule is CCCCc1ccc2c(c1)C(C)SCCCN2.Cl. The van der Waals surface area contributed by atoms with Crippen molar-refractivity contribution in [2.45, 2.75) is 44.8 Å². The zero-order chi connectivity index (χ0) is 12.1. The van der Waals surface area contributed by atoms with Crippen LogP contribution in [0.4, 0.5) is 5.69 Å². The molecule has 1 N–H and O–H groups in total. The summed E-state index contributed by atoms with van der Waals surface area (Å²) in [6.45, 7) is 5.70. The molecule has 0 saturated heterocycles. The van der Waals surface area contributed by atoms with Gasteiger partial charge in [-0.1, -0.05) is 25.5 Å². The fourth-order valence-corrected chi connectivity index (χ4v) is 3.33. The zero-order valence-corrected chi connectivity index (χ0v) is 13.0. The predicted octanol–water partition coefficient (Wildman–Crippen LogP) is 5.06. The van der Waals surface area contributed by atoms with Crippen LogP contribution < -0.4 is 5.32 Å². The molecule has 0 aromatic heterocycles. The van der Waals surface area contributed by atoms with E-state index in [2.05, 4.69) is 49.1 Å². The number of halogens is 1. The molecule has 0 spiro atoms. The van der Waals surface area contributed by atoms with Crippen molar-refractivity contribution in [3.05, 3.63) is 29.3 Å². The lowest BCUT2D eigenvalue weighted by molar-refractivity contribution is 0.793. The normalized spacial score (nSPS) is 18.9. The second-order valence-corrected chi connectivity index (χ2v) is 6.27. The molecule has 1 atom stereocenters. The van der Waals surface area contributed by atoms with Crippen molar-refractivity contribution in [1.82, 2.24) is 0 Å². The van der Waals surface area contributed by atoms with Crippen LogP contribution in [0.15, 0.2) is 18.2 Å². The molecule has 2 rings (SSSR count). The lowest BCUT2D eigenvalue weighted by Crippen LogP contribution is -2.10. The third-order valence-corrected chi connectivity index (χ3v) is 4.66. The number of hydrogen-bond donors (Lipinski definition) is 1. The van der Waals surface area contributed by atoms with Gasteiger partial charge in [-0.2, -0.15) is 11.8 Å². The van der Waals surface area contributed by atoms with Gasteiger partial charge in [0.2, 0.25) is 0 Å². The van der Waals surface area contributed by atoms with E-state index in [9.17, 15) is 0 Å². The molecule has 1 aliphatic rings. The van der Waals surface area contributed by atoms with E-state index in [-0.39, 0.29) is 12.4 Å². The Bertz CT molecular complexity index is 368.